The molecule has 0 radical (unpaired) electrons. The lowest BCUT2D eigenvalue weighted by molar-refractivity contribution is -0.137. The van der Waals surface area contributed by atoms with E-state index in [4.69, 9.17) is 16.3 Å². The van der Waals surface area contributed by atoms with E-state index in [0.29, 0.717) is 27.7 Å². The molecular weight excluding hydrogens is 405 g/mol. The van der Waals surface area contributed by atoms with Crippen LogP contribution < -0.4 is 10.1 Å². The van der Waals surface area contributed by atoms with Gasteiger partial charge in [0, 0.05) is 12.1 Å². The van der Waals surface area contributed by atoms with E-state index in [0.717, 1.165) is 12.1 Å². The third-order valence-electron chi connectivity index (χ3n) is 3.98. The van der Waals surface area contributed by atoms with Crippen molar-refractivity contribution in [3.63, 3.8) is 0 Å². The Morgan fingerprint density at radius 3 is 2.45 bits per heavy atom. The van der Waals surface area contributed by atoms with Gasteiger partial charge in [-0.25, -0.2) is 4.98 Å². The van der Waals surface area contributed by atoms with Crippen LogP contribution in [0.3, 0.4) is 0 Å². The second-order valence-corrected chi connectivity index (χ2v) is 6.53. The lowest BCUT2D eigenvalue weighted by Crippen LogP contribution is -2.23. The quantitative estimate of drug-likeness (QED) is 0.553. The highest BCUT2D eigenvalue weighted by Gasteiger charge is 2.30. The number of alkyl halides is 3. The maximum Gasteiger partial charge on any atom is 0.416 e. The summed E-state index contributed by atoms with van der Waals surface area (Å²) in [5.41, 5.74) is 0.646. The first-order valence-electron chi connectivity index (χ1n) is 8.60. The molecule has 0 unspecified atom stereocenters. The molecule has 0 fully saturated rings. The summed E-state index contributed by atoms with van der Waals surface area (Å²) < 4.78 is 43.8. The highest BCUT2D eigenvalue weighted by atomic mass is 35.5. The van der Waals surface area contributed by atoms with Gasteiger partial charge in [0.1, 0.15) is 17.5 Å². The average Bonchev–Trinajstić information content (AvgIpc) is 2.70. The van der Waals surface area contributed by atoms with Crippen LogP contribution in [0, 0.1) is 0 Å². The Kier molecular flexibility index (Phi) is 6.39. The maximum atomic E-state index is 12.8. The summed E-state index contributed by atoms with van der Waals surface area (Å²) in [4.78, 5) is 16.3. The van der Waals surface area contributed by atoms with Crippen LogP contribution in [0.1, 0.15) is 27.2 Å². The molecule has 0 aliphatic heterocycles. The molecule has 3 rings (SSSR count). The SMILES string of the molecule is O=C(NCc1cccc(C(F)(F)F)c1)c1ccc(OCc2cccc(Cl)n2)cc1. The van der Waals surface area contributed by atoms with Crippen LogP contribution in [0.25, 0.3) is 0 Å². The molecule has 0 atom stereocenters. The van der Waals surface area contributed by atoms with Crippen molar-refractivity contribution < 1.29 is 22.7 Å². The Balaban J connectivity index is 1.55. The van der Waals surface area contributed by atoms with Gasteiger partial charge in [0.05, 0.1) is 11.3 Å². The number of nitrogens with zero attached hydrogens (tertiary/aromatic N) is 1. The van der Waals surface area contributed by atoms with Gasteiger partial charge < -0.3 is 10.1 Å². The smallest absolute Gasteiger partial charge is 0.416 e. The Hall–Kier alpha value is -3.06. The van der Waals surface area contributed by atoms with Crippen LogP contribution in [-0.2, 0) is 19.3 Å². The molecule has 0 saturated heterocycles. The monoisotopic (exact) mass is 420 g/mol. The summed E-state index contributed by atoms with van der Waals surface area (Å²) in [5.74, 6) is 0.145. The topological polar surface area (TPSA) is 51.2 Å². The zero-order valence-corrected chi connectivity index (χ0v) is 15.8. The molecule has 0 aliphatic carbocycles. The van der Waals surface area contributed by atoms with Crippen molar-refractivity contribution in [2.45, 2.75) is 19.3 Å². The van der Waals surface area contributed by atoms with Crippen molar-refractivity contribution in [3.8, 4) is 5.75 Å². The van der Waals surface area contributed by atoms with E-state index in [1.165, 1.54) is 12.1 Å². The van der Waals surface area contributed by atoms with E-state index in [1.54, 1.807) is 42.5 Å². The van der Waals surface area contributed by atoms with E-state index in [9.17, 15) is 18.0 Å². The minimum atomic E-state index is -4.42. The fourth-order valence-corrected chi connectivity index (χ4v) is 2.71. The Morgan fingerprint density at radius 1 is 1.03 bits per heavy atom. The van der Waals surface area contributed by atoms with Gasteiger partial charge in [-0.15, -0.1) is 0 Å². The number of ether oxygens (including phenoxy) is 1. The molecule has 3 aromatic rings. The summed E-state index contributed by atoms with van der Waals surface area (Å²) in [6.07, 6.45) is -4.42. The van der Waals surface area contributed by atoms with Gasteiger partial charge in [0.25, 0.3) is 5.91 Å². The predicted molar refractivity (Wildman–Crippen MR) is 103 cm³/mol. The lowest BCUT2D eigenvalue weighted by Gasteiger charge is -2.10. The van der Waals surface area contributed by atoms with Crippen LogP contribution >= 0.6 is 11.6 Å². The van der Waals surface area contributed by atoms with E-state index in [-0.39, 0.29) is 13.2 Å². The third-order valence-corrected chi connectivity index (χ3v) is 4.19. The minimum Gasteiger partial charge on any atom is -0.487 e. The van der Waals surface area contributed by atoms with Crippen molar-refractivity contribution >= 4 is 17.5 Å². The zero-order chi connectivity index (χ0) is 20.9. The minimum absolute atomic E-state index is 0.0125. The standard InChI is InChI=1S/C21H16ClF3N2O2/c22-19-6-2-5-17(27-19)13-29-18-9-7-15(8-10-18)20(28)26-12-14-3-1-4-16(11-14)21(23,24)25/h1-11H,12-13H2,(H,26,28). The van der Waals surface area contributed by atoms with E-state index in [2.05, 4.69) is 10.3 Å². The van der Waals surface area contributed by atoms with E-state index < -0.39 is 17.6 Å². The number of hydrogen-bond acceptors (Lipinski definition) is 3. The number of hydrogen-bond donors (Lipinski definition) is 1. The molecule has 0 bridgehead atoms. The predicted octanol–water partition coefficient (Wildman–Crippen LogP) is 5.26. The maximum absolute atomic E-state index is 12.8. The molecule has 1 amide bonds. The van der Waals surface area contributed by atoms with Gasteiger partial charge in [-0.05, 0) is 54.1 Å². The highest BCUT2D eigenvalue weighted by Crippen LogP contribution is 2.29. The number of benzene rings is 2. The average molecular weight is 421 g/mol. The molecule has 150 valence electrons. The van der Waals surface area contributed by atoms with Gasteiger partial charge in [0.2, 0.25) is 0 Å². The van der Waals surface area contributed by atoms with Gasteiger partial charge in [-0.2, -0.15) is 13.2 Å². The number of nitrogens with one attached hydrogen (secondary N) is 1. The molecule has 4 nitrogen and oxygen atoms in total. The molecule has 0 spiro atoms. The van der Waals surface area contributed by atoms with Crippen LogP contribution in [0.5, 0.6) is 5.75 Å². The molecule has 2 aromatic carbocycles. The first kappa shape index (κ1) is 20.7. The molecule has 0 aliphatic rings. The number of carbonyl (C=O) groups excluding carboxylic acids is 1. The van der Waals surface area contributed by atoms with Crippen molar-refractivity contribution in [3.05, 3.63) is 94.3 Å². The van der Waals surface area contributed by atoms with Gasteiger partial charge in [0.15, 0.2) is 0 Å². The molecular formula is C21H16ClF3N2O2. The second kappa shape index (κ2) is 8.96. The van der Waals surface area contributed by atoms with Gasteiger partial charge in [-0.1, -0.05) is 29.8 Å². The third kappa shape index (κ3) is 5.96. The lowest BCUT2D eigenvalue weighted by atomic mass is 10.1. The summed E-state index contributed by atoms with van der Waals surface area (Å²) in [7, 11) is 0. The second-order valence-electron chi connectivity index (χ2n) is 6.15. The van der Waals surface area contributed by atoms with Crippen LogP contribution in [0.15, 0.2) is 66.7 Å². The van der Waals surface area contributed by atoms with Crippen molar-refractivity contribution in [1.29, 1.82) is 0 Å². The number of aromatic nitrogens is 1. The molecule has 8 heteroatoms. The molecule has 0 saturated carbocycles. The zero-order valence-electron chi connectivity index (χ0n) is 15.0. The van der Waals surface area contributed by atoms with E-state index in [1.807, 2.05) is 0 Å². The fourth-order valence-electron chi connectivity index (χ4n) is 2.53. The largest absolute Gasteiger partial charge is 0.487 e. The highest BCUT2D eigenvalue weighted by molar-refractivity contribution is 6.29. The number of rotatable bonds is 6. The van der Waals surface area contributed by atoms with Gasteiger partial charge in [-0.3, -0.25) is 4.79 Å². The Bertz CT molecular complexity index is 992. The Labute approximate surface area is 170 Å². The molecule has 29 heavy (non-hydrogen) atoms. The molecule has 1 heterocycles. The van der Waals surface area contributed by atoms with Crippen molar-refractivity contribution in [1.82, 2.24) is 10.3 Å². The first-order chi connectivity index (χ1) is 13.8. The number of carbonyl (C=O) groups is 1. The normalized spacial score (nSPS) is 11.2. The Morgan fingerprint density at radius 2 is 1.76 bits per heavy atom. The summed E-state index contributed by atoms with van der Waals surface area (Å²) in [6, 6.07) is 16.5. The molecule has 1 aromatic heterocycles. The van der Waals surface area contributed by atoms with Crippen LogP contribution in [0.4, 0.5) is 13.2 Å². The van der Waals surface area contributed by atoms with Crippen molar-refractivity contribution in [2.75, 3.05) is 0 Å². The number of halogens is 4. The summed E-state index contributed by atoms with van der Waals surface area (Å²) in [6.45, 7) is 0.211. The van der Waals surface area contributed by atoms with Crippen LogP contribution in [-0.4, -0.2) is 10.9 Å². The number of pyridine rings is 1. The van der Waals surface area contributed by atoms with Crippen LogP contribution in [0.2, 0.25) is 5.15 Å². The number of amides is 1. The summed E-state index contributed by atoms with van der Waals surface area (Å²) >= 11 is 5.82. The molecule has 1 N–H and O–H groups in total. The van der Waals surface area contributed by atoms with Gasteiger partial charge >= 0.3 is 6.18 Å². The summed E-state index contributed by atoms with van der Waals surface area (Å²) in [5, 5.41) is 2.98. The van der Waals surface area contributed by atoms with E-state index >= 15 is 0 Å². The van der Waals surface area contributed by atoms with Crippen molar-refractivity contribution in [2.24, 2.45) is 0 Å². The fraction of sp³-hybridized carbons (Fsp3) is 0.143. The first-order valence-corrected chi connectivity index (χ1v) is 8.98.